The largest absolute Gasteiger partial charge is 0.494 e. The van der Waals surface area contributed by atoms with E-state index < -0.39 is 28.2 Å². The smallest absolute Gasteiger partial charge is 0.421 e. The molecule has 1 aliphatic heterocycles. The minimum Gasteiger partial charge on any atom is -0.494 e. The summed E-state index contributed by atoms with van der Waals surface area (Å²) in [6.07, 6.45) is -2.76. The molecule has 1 aromatic heterocycles. The van der Waals surface area contributed by atoms with E-state index in [1.54, 1.807) is 12.1 Å². The second kappa shape index (κ2) is 13.8. The minimum absolute atomic E-state index is 0.00687. The van der Waals surface area contributed by atoms with E-state index in [9.17, 15) is 27.5 Å². The highest BCUT2D eigenvalue weighted by Gasteiger charge is 2.52. The number of benzene rings is 2. The Hall–Kier alpha value is -3.59. The van der Waals surface area contributed by atoms with Crippen LogP contribution in [-0.4, -0.2) is 78.3 Å². The number of carbonyl (C=O) groups excluding carboxylic acids is 1. The zero-order valence-electron chi connectivity index (χ0n) is 24.9. The number of nitrogens with zero attached hydrogens (tertiary/aromatic N) is 4. The molecule has 2 heterocycles. The predicted octanol–water partition coefficient (Wildman–Crippen LogP) is 6.24. The molecule has 1 aliphatic rings. The Balaban J connectivity index is 1.68. The van der Waals surface area contributed by atoms with Crippen molar-refractivity contribution < 1.29 is 32.2 Å². The van der Waals surface area contributed by atoms with Gasteiger partial charge in [0.2, 0.25) is 11.9 Å². The maximum absolute atomic E-state index is 14.2. The summed E-state index contributed by atoms with van der Waals surface area (Å²) in [7, 11) is 5.50. The van der Waals surface area contributed by atoms with E-state index in [0.717, 1.165) is 31.3 Å². The number of halogens is 6. The Labute approximate surface area is 267 Å². The van der Waals surface area contributed by atoms with Crippen molar-refractivity contribution in [1.29, 1.82) is 0 Å². The summed E-state index contributed by atoms with van der Waals surface area (Å²) < 4.78 is 60.9. The molecular weight excluding hydrogens is 641 g/mol. The molecule has 4 N–H and O–H groups in total. The summed E-state index contributed by atoms with van der Waals surface area (Å²) in [5.41, 5.74) is -2.89. The number of ether oxygens (including phenoxy) is 1. The van der Waals surface area contributed by atoms with Crippen molar-refractivity contribution in [2.75, 3.05) is 61.0 Å². The Morgan fingerprint density at radius 1 is 1.18 bits per heavy atom. The highest BCUT2D eigenvalue weighted by molar-refractivity contribution is 6.31. The van der Waals surface area contributed by atoms with Crippen molar-refractivity contribution in [3.63, 3.8) is 0 Å². The van der Waals surface area contributed by atoms with Gasteiger partial charge in [0.15, 0.2) is 5.60 Å². The van der Waals surface area contributed by atoms with Crippen LogP contribution in [0.15, 0.2) is 36.5 Å². The van der Waals surface area contributed by atoms with Gasteiger partial charge in [-0.05, 0) is 51.7 Å². The van der Waals surface area contributed by atoms with Crippen LogP contribution in [0.5, 0.6) is 5.75 Å². The molecule has 0 radical (unpaired) electrons. The molecule has 10 nitrogen and oxygen atoms in total. The van der Waals surface area contributed by atoms with Crippen molar-refractivity contribution in [3.8, 4) is 5.75 Å². The summed E-state index contributed by atoms with van der Waals surface area (Å²) >= 11 is 11.7. The fraction of sp³-hybridized carbons (Fsp3) is 0.414. The minimum atomic E-state index is -5.12. The Kier molecular flexibility index (Phi) is 10.5. The van der Waals surface area contributed by atoms with E-state index in [0.29, 0.717) is 36.2 Å². The van der Waals surface area contributed by atoms with E-state index >= 15 is 0 Å². The number of hydrogen-bond donors (Lipinski definition) is 4. The summed E-state index contributed by atoms with van der Waals surface area (Å²) in [5, 5.41) is 18.4. The predicted molar refractivity (Wildman–Crippen MR) is 167 cm³/mol. The van der Waals surface area contributed by atoms with Gasteiger partial charge < -0.3 is 35.6 Å². The van der Waals surface area contributed by atoms with Crippen molar-refractivity contribution in [2.24, 2.45) is 0 Å². The molecule has 1 amide bonds. The van der Waals surface area contributed by atoms with Crippen LogP contribution in [0.25, 0.3) is 0 Å². The molecule has 4 rings (SSSR count). The standard InChI is InChI=1S/C29H33Cl2F4N7O3/c1-28(44,29(33,34)35)17-11-19(32)18(31)12-20(17)37-25-6-9-36-27(40-25)39-22-13-21(38-26(43)5-8-30)23(14-24(22)45-4)42-10-7-16(15-42)41(2)3/h6,9,11-14,16,44H,5,7-8,10,15H2,1-4H3,(H,38,43)(H2,36,37,39,40)/t16-,28?/m1/s1. The molecule has 2 aromatic carbocycles. The summed E-state index contributed by atoms with van der Waals surface area (Å²) in [6, 6.07) is 6.59. The van der Waals surface area contributed by atoms with Crippen molar-refractivity contribution in [1.82, 2.24) is 14.9 Å². The van der Waals surface area contributed by atoms with Gasteiger partial charge >= 0.3 is 6.18 Å². The fourth-order valence-electron chi connectivity index (χ4n) is 4.83. The number of aromatic nitrogens is 2. The number of amides is 1. The number of likely N-dealkylation sites (N-methyl/N-ethyl adjacent to an activating group) is 1. The molecule has 0 aliphatic carbocycles. The third-order valence-corrected chi connectivity index (χ3v) is 7.93. The zero-order chi connectivity index (χ0) is 33.1. The Bertz CT molecular complexity index is 1540. The molecule has 45 heavy (non-hydrogen) atoms. The molecule has 0 saturated carbocycles. The van der Waals surface area contributed by atoms with Crippen molar-refractivity contribution in [3.05, 3.63) is 52.9 Å². The highest BCUT2D eigenvalue weighted by atomic mass is 35.5. The number of aliphatic hydroxyl groups is 1. The number of methoxy groups -OCH3 is 1. The van der Waals surface area contributed by atoms with E-state index in [4.69, 9.17) is 27.9 Å². The van der Waals surface area contributed by atoms with E-state index in [-0.39, 0.29) is 35.7 Å². The van der Waals surface area contributed by atoms with Crippen LogP contribution < -0.4 is 25.6 Å². The molecule has 1 fully saturated rings. The van der Waals surface area contributed by atoms with Crippen LogP contribution in [0.4, 0.5) is 52.1 Å². The van der Waals surface area contributed by atoms with Gasteiger partial charge in [0.25, 0.3) is 0 Å². The first-order valence-corrected chi connectivity index (χ1v) is 14.7. The van der Waals surface area contributed by atoms with Gasteiger partial charge in [0, 0.05) is 54.9 Å². The van der Waals surface area contributed by atoms with Crippen LogP contribution in [0.2, 0.25) is 5.02 Å². The molecule has 0 bridgehead atoms. The second-order valence-corrected chi connectivity index (χ2v) is 11.6. The first kappa shape index (κ1) is 34.3. The first-order chi connectivity index (χ1) is 21.1. The average molecular weight is 675 g/mol. The molecule has 0 spiro atoms. The number of anilines is 6. The topological polar surface area (TPSA) is 115 Å². The van der Waals surface area contributed by atoms with E-state index in [2.05, 4.69) is 35.7 Å². The zero-order valence-corrected chi connectivity index (χ0v) is 26.4. The van der Waals surface area contributed by atoms with Gasteiger partial charge in [0.1, 0.15) is 17.4 Å². The van der Waals surface area contributed by atoms with Gasteiger partial charge in [-0.15, -0.1) is 11.6 Å². The maximum Gasteiger partial charge on any atom is 0.421 e. The van der Waals surface area contributed by atoms with Gasteiger partial charge in [-0.25, -0.2) is 9.37 Å². The molecule has 1 saturated heterocycles. The third kappa shape index (κ3) is 7.80. The summed E-state index contributed by atoms with van der Waals surface area (Å²) in [5.74, 6) is -0.853. The quantitative estimate of drug-likeness (QED) is 0.139. The van der Waals surface area contributed by atoms with E-state index in [1.807, 2.05) is 14.1 Å². The number of nitrogens with one attached hydrogen (secondary N) is 3. The van der Waals surface area contributed by atoms with E-state index in [1.165, 1.54) is 19.4 Å². The van der Waals surface area contributed by atoms with Crippen LogP contribution in [-0.2, 0) is 10.4 Å². The average Bonchev–Trinajstić information content (AvgIpc) is 3.45. The lowest BCUT2D eigenvalue weighted by Crippen LogP contribution is -2.39. The molecular formula is C29H33Cl2F4N7O3. The van der Waals surface area contributed by atoms with Crippen molar-refractivity contribution in [2.45, 2.75) is 37.6 Å². The SMILES string of the molecule is COc1cc(N2CC[C@@H](N(C)C)C2)c(NC(=O)CCCl)cc1Nc1nccc(Nc2cc(Cl)c(F)cc2C(C)(O)C(F)(F)F)n1. The van der Waals surface area contributed by atoms with Gasteiger partial charge in [-0.3, -0.25) is 4.79 Å². The number of rotatable bonds is 11. The maximum atomic E-state index is 14.2. The van der Waals surface area contributed by atoms with Crippen LogP contribution in [0, 0.1) is 5.82 Å². The molecule has 1 unspecified atom stereocenters. The highest BCUT2D eigenvalue weighted by Crippen LogP contribution is 2.44. The lowest BCUT2D eigenvalue weighted by atomic mass is 9.93. The van der Waals surface area contributed by atoms with Crippen molar-refractivity contribution >= 4 is 63.6 Å². The third-order valence-electron chi connectivity index (χ3n) is 7.45. The summed E-state index contributed by atoms with van der Waals surface area (Å²) in [6.45, 7) is 2.00. The lowest BCUT2D eigenvalue weighted by molar-refractivity contribution is -0.258. The fourth-order valence-corrected chi connectivity index (χ4v) is 5.17. The van der Waals surface area contributed by atoms with Crippen LogP contribution in [0.3, 0.4) is 0 Å². The van der Waals surface area contributed by atoms with Gasteiger partial charge in [-0.1, -0.05) is 11.6 Å². The number of hydrogen-bond acceptors (Lipinski definition) is 9. The monoisotopic (exact) mass is 673 g/mol. The molecule has 2 atom stereocenters. The molecule has 244 valence electrons. The molecule has 16 heteroatoms. The lowest BCUT2D eigenvalue weighted by Gasteiger charge is -2.29. The normalized spacial score (nSPS) is 16.4. The molecule has 3 aromatic rings. The van der Waals surface area contributed by atoms with Crippen LogP contribution >= 0.6 is 23.2 Å². The number of carbonyl (C=O) groups is 1. The van der Waals surface area contributed by atoms with Gasteiger partial charge in [-0.2, -0.15) is 18.2 Å². The Morgan fingerprint density at radius 3 is 2.53 bits per heavy atom. The van der Waals surface area contributed by atoms with Gasteiger partial charge in [0.05, 0.1) is 29.2 Å². The number of alkyl halides is 4. The second-order valence-electron chi connectivity index (χ2n) is 10.8. The first-order valence-electron chi connectivity index (χ1n) is 13.8. The van der Waals surface area contributed by atoms with Crippen LogP contribution in [0.1, 0.15) is 25.3 Å². The summed E-state index contributed by atoms with van der Waals surface area (Å²) in [4.78, 5) is 25.4. The Morgan fingerprint density at radius 2 is 1.91 bits per heavy atom.